The number of carbonyl (C=O) groups is 4. The second-order valence-electron chi connectivity index (χ2n) is 10.5. The van der Waals surface area contributed by atoms with Crippen molar-refractivity contribution in [2.24, 2.45) is 5.73 Å². The van der Waals surface area contributed by atoms with Gasteiger partial charge >= 0.3 is 0 Å². The SMILES string of the molecule is C[N+](C)(CCCC(=O)NC(CCCCNC(=O)CCCCC(=O)Nc1ccccc1)C(N)=O)c1ccc(Br)cc1. The maximum atomic E-state index is 12.4. The van der Waals surface area contributed by atoms with Crippen LogP contribution in [0.3, 0.4) is 0 Å². The van der Waals surface area contributed by atoms with Gasteiger partial charge in [-0.05, 0) is 56.4 Å². The number of amides is 4. The van der Waals surface area contributed by atoms with Crippen LogP contribution in [0.5, 0.6) is 0 Å². The number of carbonyl (C=O) groups excluding carboxylic acids is 4. The fourth-order valence-electron chi connectivity index (χ4n) is 4.27. The van der Waals surface area contributed by atoms with Crippen LogP contribution >= 0.6 is 15.9 Å². The summed E-state index contributed by atoms with van der Waals surface area (Å²) in [5.41, 5.74) is 7.42. The standard InChI is InChI=1S/C30H42BrN5O4/c1-36(2,25-19-17-23(31)18-20-25)22-10-16-29(39)35-26(30(32)40)13-8-9-21-33-27(37)14-6-7-15-28(38)34-24-11-4-3-5-12-24/h3-5,11-12,17-20,26H,6-10,13-16,21-22H2,1-2H3,(H4-,32,33,34,35,37,38,39,40)/p+1. The van der Waals surface area contributed by atoms with E-state index in [0.29, 0.717) is 68.8 Å². The van der Waals surface area contributed by atoms with Crippen molar-refractivity contribution < 1.29 is 19.2 Å². The maximum Gasteiger partial charge on any atom is 0.239 e. The first kappa shape index (κ1) is 33.0. The fourth-order valence-corrected chi connectivity index (χ4v) is 4.53. The number of halogens is 1. The third kappa shape index (κ3) is 13.2. The van der Waals surface area contributed by atoms with E-state index in [0.717, 1.165) is 22.4 Å². The summed E-state index contributed by atoms with van der Waals surface area (Å²) >= 11 is 3.45. The van der Waals surface area contributed by atoms with Crippen LogP contribution in [0.1, 0.15) is 57.8 Å². The lowest BCUT2D eigenvalue weighted by Crippen LogP contribution is -2.45. The quantitative estimate of drug-likeness (QED) is 0.147. The number of hydrogen-bond acceptors (Lipinski definition) is 4. The summed E-state index contributed by atoms with van der Waals surface area (Å²) in [6.07, 6.45) is 4.70. The molecular formula is C30H43BrN5O4+. The largest absolute Gasteiger partial charge is 0.368 e. The Balaban J connectivity index is 1.55. The van der Waals surface area contributed by atoms with E-state index in [-0.39, 0.29) is 17.7 Å². The average molecular weight is 618 g/mol. The Kier molecular flexibility index (Phi) is 14.4. The minimum Gasteiger partial charge on any atom is -0.368 e. The van der Waals surface area contributed by atoms with Gasteiger partial charge in [0.1, 0.15) is 11.7 Å². The molecule has 40 heavy (non-hydrogen) atoms. The molecule has 0 aliphatic heterocycles. The molecule has 0 saturated heterocycles. The molecule has 0 spiro atoms. The van der Waals surface area contributed by atoms with Gasteiger partial charge in [-0.2, -0.15) is 0 Å². The van der Waals surface area contributed by atoms with Crippen LogP contribution < -0.4 is 26.2 Å². The van der Waals surface area contributed by atoms with Crippen molar-refractivity contribution in [1.29, 1.82) is 0 Å². The molecule has 0 saturated carbocycles. The second-order valence-corrected chi connectivity index (χ2v) is 11.4. The molecule has 1 atom stereocenters. The van der Waals surface area contributed by atoms with Gasteiger partial charge in [0.2, 0.25) is 23.6 Å². The summed E-state index contributed by atoms with van der Waals surface area (Å²) in [5, 5.41) is 8.46. The number of para-hydroxylation sites is 1. The van der Waals surface area contributed by atoms with Crippen molar-refractivity contribution in [3.63, 3.8) is 0 Å². The van der Waals surface area contributed by atoms with E-state index in [1.54, 1.807) is 0 Å². The lowest BCUT2D eigenvalue weighted by atomic mass is 10.1. The molecule has 10 heteroatoms. The Morgan fingerprint density at radius 1 is 0.800 bits per heavy atom. The zero-order chi connectivity index (χ0) is 29.4. The van der Waals surface area contributed by atoms with E-state index in [1.165, 1.54) is 0 Å². The number of quaternary nitrogens is 1. The van der Waals surface area contributed by atoms with Crippen LogP contribution in [0.25, 0.3) is 0 Å². The summed E-state index contributed by atoms with van der Waals surface area (Å²) < 4.78 is 1.67. The van der Waals surface area contributed by atoms with Gasteiger partial charge in [-0.3, -0.25) is 23.7 Å². The van der Waals surface area contributed by atoms with Gasteiger partial charge in [-0.25, -0.2) is 0 Å². The summed E-state index contributed by atoms with van der Waals surface area (Å²) in [5.74, 6) is -0.871. The van der Waals surface area contributed by atoms with Crippen LogP contribution in [0.15, 0.2) is 59.1 Å². The van der Waals surface area contributed by atoms with Gasteiger partial charge in [0.15, 0.2) is 0 Å². The van der Waals surface area contributed by atoms with E-state index in [1.807, 2.05) is 42.5 Å². The Morgan fingerprint density at radius 3 is 2.08 bits per heavy atom. The monoisotopic (exact) mass is 616 g/mol. The highest BCUT2D eigenvalue weighted by Gasteiger charge is 2.21. The molecule has 4 amide bonds. The highest BCUT2D eigenvalue weighted by Crippen LogP contribution is 2.22. The first-order valence-electron chi connectivity index (χ1n) is 13.9. The van der Waals surface area contributed by atoms with Crippen molar-refractivity contribution in [2.45, 2.75) is 63.8 Å². The van der Waals surface area contributed by atoms with Crippen molar-refractivity contribution in [3.8, 4) is 0 Å². The zero-order valence-corrected chi connectivity index (χ0v) is 25.2. The number of anilines is 1. The molecule has 9 nitrogen and oxygen atoms in total. The predicted octanol–water partition coefficient (Wildman–Crippen LogP) is 4.25. The number of nitrogens with two attached hydrogens (primary N) is 1. The van der Waals surface area contributed by atoms with E-state index < -0.39 is 11.9 Å². The number of rotatable bonds is 18. The van der Waals surface area contributed by atoms with Crippen molar-refractivity contribution in [1.82, 2.24) is 15.1 Å². The molecule has 218 valence electrons. The van der Waals surface area contributed by atoms with Crippen molar-refractivity contribution in [2.75, 3.05) is 32.5 Å². The lowest BCUT2D eigenvalue weighted by Gasteiger charge is -2.29. The van der Waals surface area contributed by atoms with Crippen LogP contribution in [-0.2, 0) is 19.2 Å². The van der Waals surface area contributed by atoms with E-state index in [9.17, 15) is 19.2 Å². The molecule has 0 bridgehead atoms. The molecule has 2 aromatic carbocycles. The van der Waals surface area contributed by atoms with Crippen molar-refractivity contribution in [3.05, 3.63) is 59.1 Å². The van der Waals surface area contributed by atoms with Crippen LogP contribution in [0.2, 0.25) is 0 Å². The number of nitrogens with zero attached hydrogens (tertiary/aromatic N) is 1. The number of benzene rings is 2. The first-order valence-corrected chi connectivity index (χ1v) is 14.7. The molecule has 0 fully saturated rings. The second kappa shape index (κ2) is 17.5. The molecular weight excluding hydrogens is 574 g/mol. The van der Waals surface area contributed by atoms with Crippen molar-refractivity contribution >= 4 is 50.9 Å². The molecule has 5 N–H and O–H groups in total. The van der Waals surface area contributed by atoms with Gasteiger partial charge in [-0.1, -0.05) is 34.1 Å². The van der Waals surface area contributed by atoms with E-state index in [2.05, 4.69) is 58.1 Å². The van der Waals surface area contributed by atoms with Gasteiger partial charge in [0.05, 0.1) is 20.6 Å². The normalized spacial score (nSPS) is 11.9. The average Bonchev–Trinajstić information content (AvgIpc) is 2.91. The number of nitrogens with one attached hydrogen (secondary N) is 3. The predicted molar refractivity (Wildman–Crippen MR) is 163 cm³/mol. The van der Waals surface area contributed by atoms with Gasteiger partial charge in [0, 0.05) is 54.5 Å². The summed E-state index contributed by atoms with van der Waals surface area (Å²) in [7, 11) is 4.19. The molecule has 0 aliphatic carbocycles. The van der Waals surface area contributed by atoms with Crippen LogP contribution in [0, 0.1) is 0 Å². The molecule has 2 aromatic rings. The Morgan fingerprint density at radius 2 is 1.43 bits per heavy atom. The summed E-state index contributed by atoms with van der Waals surface area (Å²) in [4.78, 5) is 48.3. The number of unbranched alkanes of at least 4 members (excludes halogenated alkanes) is 2. The van der Waals surface area contributed by atoms with Gasteiger partial charge < -0.3 is 21.7 Å². The summed E-state index contributed by atoms with van der Waals surface area (Å²) in [6, 6.07) is 16.7. The van der Waals surface area contributed by atoms with E-state index in [4.69, 9.17) is 5.73 Å². The van der Waals surface area contributed by atoms with Gasteiger partial charge in [0.25, 0.3) is 0 Å². The minimum absolute atomic E-state index is 0.0623. The fraction of sp³-hybridized carbons (Fsp3) is 0.467. The molecule has 0 aromatic heterocycles. The Bertz CT molecular complexity index is 1090. The minimum atomic E-state index is -0.723. The Hall–Kier alpha value is -3.24. The molecule has 0 radical (unpaired) electrons. The highest BCUT2D eigenvalue weighted by molar-refractivity contribution is 9.10. The number of primary amides is 1. The molecule has 0 aliphatic rings. The maximum absolute atomic E-state index is 12.4. The molecule has 0 heterocycles. The zero-order valence-electron chi connectivity index (χ0n) is 23.6. The Labute approximate surface area is 246 Å². The van der Waals surface area contributed by atoms with Crippen LogP contribution in [0.4, 0.5) is 11.4 Å². The third-order valence-electron chi connectivity index (χ3n) is 6.68. The number of hydrogen-bond donors (Lipinski definition) is 4. The lowest BCUT2D eigenvalue weighted by molar-refractivity contribution is -0.127. The van der Waals surface area contributed by atoms with Gasteiger partial charge in [-0.15, -0.1) is 0 Å². The first-order chi connectivity index (χ1) is 19.1. The third-order valence-corrected chi connectivity index (χ3v) is 7.21. The van der Waals surface area contributed by atoms with Crippen LogP contribution in [-0.4, -0.2) is 56.9 Å². The topological polar surface area (TPSA) is 130 Å². The van der Waals surface area contributed by atoms with E-state index >= 15 is 0 Å². The smallest absolute Gasteiger partial charge is 0.239 e. The highest BCUT2D eigenvalue weighted by atomic mass is 79.9. The molecule has 2 rings (SSSR count). The molecule has 1 unspecified atom stereocenters. The summed E-state index contributed by atoms with van der Waals surface area (Å²) in [6.45, 7) is 1.26.